The summed E-state index contributed by atoms with van der Waals surface area (Å²) in [4.78, 5) is 0. The third kappa shape index (κ3) is 1.41. The highest BCUT2D eigenvalue weighted by Crippen LogP contribution is 2.26. The highest BCUT2D eigenvalue weighted by molar-refractivity contribution is 8.04. The van der Waals surface area contributed by atoms with Crippen molar-refractivity contribution in [1.29, 1.82) is 0 Å². The van der Waals surface area contributed by atoms with Gasteiger partial charge in [-0.15, -0.1) is 11.8 Å². The second-order valence-corrected chi connectivity index (χ2v) is 3.38. The standard InChI is InChI=1S/C7H10S/c1-7(2)3-5-8-6-4-7/h3-6H,1-2H3. The molecule has 0 atom stereocenters. The van der Waals surface area contributed by atoms with Gasteiger partial charge in [-0.2, -0.15) is 0 Å². The molecule has 0 aromatic carbocycles. The third-order valence-corrected chi connectivity index (χ3v) is 1.74. The maximum atomic E-state index is 2.21. The Labute approximate surface area is 54.7 Å². The molecule has 8 heavy (non-hydrogen) atoms. The van der Waals surface area contributed by atoms with Crippen LogP contribution in [0.2, 0.25) is 0 Å². The van der Waals surface area contributed by atoms with Crippen LogP contribution >= 0.6 is 11.8 Å². The Morgan fingerprint density at radius 1 is 1.12 bits per heavy atom. The summed E-state index contributed by atoms with van der Waals surface area (Å²) in [5, 5.41) is 4.25. The summed E-state index contributed by atoms with van der Waals surface area (Å²) in [6.45, 7) is 4.39. The van der Waals surface area contributed by atoms with E-state index in [4.69, 9.17) is 0 Å². The fourth-order valence-corrected chi connectivity index (χ4v) is 1.48. The SMILES string of the molecule is CC1(C)C=CSC=C1. The minimum absolute atomic E-state index is 0.297. The molecule has 0 saturated heterocycles. The second kappa shape index (κ2) is 1.98. The molecule has 0 aliphatic carbocycles. The van der Waals surface area contributed by atoms with Gasteiger partial charge in [-0.1, -0.05) is 26.0 Å². The van der Waals surface area contributed by atoms with E-state index in [2.05, 4.69) is 36.8 Å². The van der Waals surface area contributed by atoms with Gasteiger partial charge in [0.2, 0.25) is 0 Å². The summed E-state index contributed by atoms with van der Waals surface area (Å²) in [7, 11) is 0. The molecule has 1 aliphatic heterocycles. The zero-order chi connectivity index (χ0) is 6.04. The molecule has 1 heteroatoms. The minimum Gasteiger partial charge on any atom is -0.107 e. The van der Waals surface area contributed by atoms with E-state index in [1.54, 1.807) is 11.8 Å². The lowest BCUT2D eigenvalue weighted by Gasteiger charge is -2.16. The number of rotatable bonds is 0. The van der Waals surface area contributed by atoms with E-state index in [1.165, 1.54) is 0 Å². The zero-order valence-electron chi connectivity index (χ0n) is 5.22. The summed E-state index contributed by atoms with van der Waals surface area (Å²) in [5.41, 5.74) is 0.297. The molecule has 0 unspecified atom stereocenters. The smallest absolute Gasteiger partial charge is 0.00209 e. The molecule has 0 aromatic heterocycles. The third-order valence-electron chi connectivity index (χ3n) is 1.15. The Bertz CT molecular complexity index is 117. The van der Waals surface area contributed by atoms with Crippen molar-refractivity contribution in [2.75, 3.05) is 0 Å². The minimum atomic E-state index is 0.297. The summed E-state index contributed by atoms with van der Waals surface area (Å²) >= 11 is 1.74. The first kappa shape index (κ1) is 5.96. The van der Waals surface area contributed by atoms with Crippen molar-refractivity contribution in [2.45, 2.75) is 13.8 Å². The summed E-state index contributed by atoms with van der Waals surface area (Å²) in [6, 6.07) is 0. The lowest BCUT2D eigenvalue weighted by Crippen LogP contribution is -2.02. The number of hydrogen-bond donors (Lipinski definition) is 0. The topological polar surface area (TPSA) is 0 Å². The Morgan fingerprint density at radius 2 is 1.62 bits per heavy atom. The molecule has 1 aliphatic rings. The maximum absolute atomic E-state index is 2.21. The summed E-state index contributed by atoms with van der Waals surface area (Å²) in [5.74, 6) is 0. The lowest BCUT2D eigenvalue weighted by atomic mass is 9.94. The van der Waals surface area contributed by atoms with Gasteiger partial charge in [0.25, 0.3) is 0 Å². The van der Waals surface area contributed by atoms with Crippen molar-refractivity contribution >= 4 is 11.8 Å². The highest BCUT2D eigenvalue weighted by Gasteiger charge is 2.09. The van der Waals surface area contributed by atoms with Crippen molar-refractivity contribution in [3.63, 3.8) is 0 Å². The molecule has 1 heterocycles. The molecule has 0 bridgehead atoms. The van der Waals surface area contributed by atoms with Gasteiger partial charge in [-0.3, -0.25) is 0 Å². The van der Waals surface area contributed by atoms with Gasteiger partial charge >= 0.3 is 0 Å². The van der Waals surface area contributed by atoms with Crippen LogP contribution in [0.15, 0.2) is 23.0 Å². The van der Waals surface area contributed by atoms with E-state index >= 15 is 0 Å². The summed E-state index contributed by atoms with van der Waals surface area (Å²) < 4.78 is 0. The van der Waals surface area contributed by atoms with Gasteiger partial charge in [0.1, 0.15) is 0 Å². The van der Waals surface area contributed by atoms with E-state index in [-0.39, 0.29) is 0 Å². The Hall–Kier alpha value is -0.170. The molecule has 0 nitrogen and oxygen atoms in total. The molecule has 0 aromatic rings. The van der Waals surface area contributed by atoms with Crippen molar-refractivity contribution in [1.82, 2.24) is 0 Å². The lowest BCUT2D eigenvalue weighted by molar-refractivity contribution is 0.627. The van der Waals surface area contributed by atoms with Crippen molar-refractivity contribution < 1.29 is 0 Å². The van der Waals surface area contributed by atoms with E-state index < -0.39 is 0 Å². The fourth-order valence-electron chi connectivity index (χ4n) is 0.530. The van der Waals surface area contributed by atoms with E-state index in [1.807, 2.05) is 0 Å². The highest BCUT2D eigenvalue weighted by atomic mass is 32.2. The molecular weight excluding hydrogens is 116 g/mol. The van der Waals surface area contributed by atoms with Gasteiger partial charge < -0.3 is 0 Å². The average Bonchev–Trinajstić information content (AvgIpc) is 1.65. The molecule has 0 saturated carbocycles. The molecule has 0 N–H and O–H groups in total. The van der Waals surface area contributed by atoms with Crippen molar-refractivity contribution in [3.05, 3.63) is 23.0 Å². The van der Waals surface area contributed by atoms with Gasteiger partial charge in [-0.05, 0) is 10.8 Å². The van der Waals surface area contributed by atoms with Gasteiger partial charge in [0.15, 0.2) is 0 Å². The van der Waals surface area contributed by atoms with Crippen LogP contribution in [0.25, 0.3) is 0 Å². The fraction of sp³-hybridized carbons (Fsp3) is 0.429. The molecule has 0 amide bonds. The Morgan fingerprint density at radius 3 is 1.88 bits per heavy atom. The van der Waals surface area contributed by atoms with Crippen LogP contribution in [-0.4, -0.2) is 0 Å². The predicted octanol–water partition coefficient (Wildman–Crippen LogP) is 2.79. The monoisotopic (exact) mass is 126 g/mol. The molecule has 0 fully saturated rings. The number of allylic oxidation sites excluding steroid dienone is 2. The van der Waals surface area contributed by atoms with Crippen molar-refractivity contribution in [3.8, 4) is 0 Å². The molecular formula is C7H10S. The molecule has 0 spiro atoms. The van der Waals surface area contributed by atoms with Gasteiger partial charge in [0.05, 0.1) is 0 Å². The second-order valence-electron chi connectivity index (χ2n) is 2.56. The number of thioether (sulfide) groups is 1. The zero-order valence-corrected chi connectivity index (χ0v) is 6.03. The molecule has 1 rings (SSSR count). The normalized spacial score (nSPS) is 23.8. The molecule has 44 valence electrons. The van der Waals surface area contributed by atoms with Crippen LogP contribution in [0.3, 0.4) is 0 Å². The van der Waals surface area contributed by atoms with Gasteiger partial charge in [0, 0.05) is 5.41 Å². The van der Waals surface area contributed by atoms with E-state index in [0.29, 0.717) is 5.41 Å². The first-order chi connectivity index (χ1) is 3.71. The Balaban J connectivity index is 2.69. The van der Waals surface area contributed by atoms with Crippen LogP contribution in [0.5, 0.6) is 0 Å². The Kier molecular flexibility index (Phi) is 1.47. The van der Waals surface area contributed by atoms with Crippen LogP contribution in [0, 0.1) is 5.41 Å². The average molecular weight is 126 g/mol. The van der Waals surface area contributed by atoms with Crippen LogP contribution in [0.4, 0.5) is 0 Å². The van der Waals surface area contributed by atoms with Crippen LogP contribution < -0.4 is 0 Å². The maximum Gasteiger partial charge on any atom is 0.00209 e. The van der Waals surface area contributed by atoms with Gasteiger partial charge in [-0.25, -0.2) is 0 Å². The largest absolute Gasteiger partial charge is 0.107 e. The van der Waals surface area contributed by atoms with E-state index in [0.717, 1.165) is 0 Å². The van der Waals surface area contributed by atoms with Crippen LogP contribution in [-0.2, 0) is 0 Å². The van der Waals surface area contributed by atoms with Crippen molar-refractivity contribution in [2.24, 2.45) is 5.41 Å². The summed E-state index contributed by atoms with van der Waals surface area (Å²) in [6.07, 6.45) is 4.41. The number of hydrogen-bond acceptors (Lipinski definition) is 1. The molecule has 0 radical (unpaired) electrons. The quantitative estimate of drug-likeness (QED) is 0.481. The van der Waals surface area contributed by atoms with Crippen LogP contribution in [0.1, 0.15) is 13.8 Å². The first-order valence-corrected chi connectivity index (χ1v) is 3.66. The predicted molar refractivity (Wildman–Crippen MR) is 39.7 cm³/mol. The first-order valence-electron chi connectivity index (χ1n) is 2.72. The van der Waals surface area contributed by atoms with E-state index in [9.17, 15) is 0 Å².